The lowest BCUT2D eigenvalue weighted by Crippen LogP contribution is -2.28. The van der Waals surface area contributed by atoms with Crippen LogP contribution in [0.15, 0.2) is 4.42 Å². The average Bonchev–Trinajstić information content (AvgIpc) is 3.02. The van der Waals surface area contributed by atoms with Gasteiger partial charge >= 0.3 is 0 Å². The summed E-state index contributed by atoms with van der Waals surface area (Å²) >= 11 is 0. The molecule has 0 saturated heterocycles. The van der Waals surface area contributed by atoms with Crippen molar-refractivity contribution in [1.29, 1.82) is 0 Å². The second kappa shape index (κ2) is 5.02. The Morgan fingerprint density at radius 2 is 1.88 bits per heavy atom. The number of rotatable bonds is 6. The van der Waals surface area contributed by atoms with Crippen molar-refractivity contribution in [3.8, 4) is 0 Å². The zero-order chi connectivity index (χ0) is 11.5. The van der Waals surface area contributed by atoms with E-state index in [2.05, 4.69) is 17.6 Å². The number of nitrogens with one attached hydrogen (secondary N) is 2. The molecular formula is C13H22N2O. The van der Waals surface area contributed by atoms with Crippen molar-refractivity contribution in [3.63, 3.8) is 0 Å². The fourth-order valence-corrected chi connectivity index (χ4v) is 1.97. The van der Waals surface area contributed by atoms with Crippen LogP contribution in [0.1, 0.15) is 35.5 Å². The minimum Gasteiger partial charge on any atom is -0.466 e. The van der Waals surface area contributed by atoms with E-state index in [0.29, 0.717) is 0 Å². The highest BCUT2D eigenvalue weighted by Crippen LogP contribution is 2.20. The summed E-state index contributed by atoms with van der Waals surface area (Å²) in [4.78, 5) is 0. The van der Waals surface area contributed by atoms with Crippen LogP contribution in [0.5, 0.6) is 0 Å². The zero-order valence-electron chi connectivity index (χ0n) is 10.5. The van der Waals surface area contributed by atoms with Gasteiger partial charge in [-0.05, 0) is 39.2 Å². The molecule has 3 nitrogen and oxygen atoms in total. The topological polar surface area (TPSA) is 37.2 Å². The predicted octanol–water partition coefficient (Wildman–Crippen LogP) is 2.05. The summed E-state index contributed by atoms with van der Waals surface area (Å²) in [5.74, 6) is 2.10. The Kier molecular flexibility index (Phi) is 3.66. The minimum atomic E-state index is 0.807. The van der Waals surface area contributed by atoms with E-state index >= 15 is 0 Å². The van der Waals surface area contributed by atoms with Crippen molar-refractivity contribution in [2.75, 3.05) is 13.1 Å². The highest BCUT2D eigenvalue weighted by atomic mass is 16.3. The van der Waals surface area contributed by atoms with Crippen LogP contribution in [0.3, 0.4) is 0 Å². The monoisotopic (exact) mass is 222 g/mol. The third kappa shape index (κ3) is 2.86. The minimum absolute atomic E-state index is 0.807. The highest BCUT2D eigenvalue weighted by molar-refractivity contribution is 5.31. The molecule has 0 spiro atoms. The molecule has 1 fully saturated rings. The van der Waals surface area contributed by atoms with Crippen LogP contribution >= 0.6 is 0 Å². The van der Waals surface area contributed by atoms with Crippen LogP contribution in [0.2, 0.25) is 0 Å². The standard InChI is InChI=1S/C13H22N2O/c1-9-10(2)16-11(3)13(9)8-14-6-7-15-12-4-5-12/h12,14-15H,4-8H2,1-3H3. The highest BCUT2D eigenvalue weighted by Gasteiger charge is 2.19. The third-order valence-electron chi connectivity index (χ3n) is 3.33. The van der Waals surface area contributed by atoms with Gasteiger partial charge in [0.2, 0.25) is 0 Å². The molecule has 3 heteroatoms. The van der Waals surface area contributed by atoms with Gasteiger partial charge in [0.1, 0.15) is 11.5 Å². The maximum Gasteiger partial charge on any atom is 0.105 e. The van der Waals surface area contributed by atoms with E-state index in [-0.39, 0.29) is 0 Å². The third-order valence-corrected chi connectivity index (χ3v) is 3.33. The fraction of sp³-hybridized carbons (Fsp3) is 0.692. The largest absolute Gasteiger partial charge is 0.466 e. The molecule has 1 aliphatic carbocycles. The predicted molar refractivity (Wildman–Crippen MR) is 65.7 cm³/mol. The second-order valence-corrected chi connectivity index (χ2v) is 4.72. The Morgan fingerprint density at radius 3 is 2.44 bits per heavy atom. The molecule has 0 radical (unpaired) electrons. The molecule has 1 aromatic heterocycles. The van der Waals surface area contributed by atoms with Crippen molar-refractivity contribution in [2.45, 2.75) is 46.2 Å². The van der Waals surface area contributed by atoms with Crippen LogP contribution in [0.4, 0.5) is 0 Å². The van der Waals surface area contributed by atoms with Crippen LogP contribution in [-0.4, -0.2) is 19.1 Å². The summed E-state index contributed by atoms with van der Waals surface area (Å²) < 4.78 is 5.59. The average molecular weight is 222 g/mol. The molecule has 2 N–H and O–H groups in total. The van der Waals surface area contributed by atoms with E-state index in [0.717, 1.165) is 37.2 Å². The Bertz CT molecular complexity index is 353. The maximum absolute atomic E-state index is 5.59. The molecule has 90 valence electrons. The molecule has 0 unspecified atom stereocenters. The molecular weight excluding hydrogens is 200 g/mol. The summed E-state index contributed by atoms with van der Waals surface area (Å²) in [6.45, 7) is 9.21. The quantitative estimate of drug-likeness (QED) is 0.723. The van der Waals surface area contributed by atoms with Gasteiger partial charge in [0.15, 0.2) is 0 Å². The van der Waals surface area contributed by atoms with E-state index in [9.17, 15) is 0 Å². The Morgan fingerprint density at radius 1 is 1.12 bits per heavy atom. The van der Waals surface area contributed by atoms with E-state index in [1.165, 1.54) is 24.0 Å². The first kappa shape index (κ1) is 11.7. The number of hydrogen-bond donors (Lipinski definition) is 2. The lowest BCUT2D eigenvalue weighted by molar-refractivity contribution is 0.497. The summed E-state index contributed by atoms with van der Waals surface area (Å²) in [7, 11) is 0. The smallest absolute Gasteiger partial charge is 0.105 e. The zero-order valence-corrected chi connectivity index (χ0v) is 10.5. The van der Waals surface area contributed by atoms with Crippen molar-refractivity contribution < 1.29 is 4.42 Å². The van der Waals surface area contributed by atoms with Gasteiger partial charge in [-0.1, -0.05) is 0 Å². The lowest BCUT2D eigenvalue weighted by atomic mass is 10.1. The Hall–Kier alpha value is -0.800. The molecule has 0 amide bonds. The first-order valence-corrected chi connectivity index (χ1v) is 6.18. The van der Waals surface area contributed by atoms with Crippen molar-refractivity contribution in [3.05, 3.63) is 22.6 Å². The Labute approximate surface area is 97.6 Å². The van der Waals surface area contributed by atoms with Gasteiger partial charge < -0.3 is 15.1 Å². The van der Waals surface area contributed by atoms with Gasteiger partial charge in [0.05, 0.1) is 0 Å². The van der Waals surface area contributed by atoms with E-state index in [1.807, 2.05) is 13.8 Å². The molecule has 0 bridgehead atoms. The van der Waals surface area contributed by atoms with E-state index in [1.54, 1.807) is 0 Å². The van der Waals surface area contributed by atoms with Gasteiger partial charge in [-0.2, -0.15) is 0 Å². The van der Waals surface area contributed by atoms with Crippen molar-refractivity contribution >= 4 is 0 Å². The summed E-state index contributed by atoms with van der Waals surface area (Å²) in [5, 5.41) is 6.95. The Balaban J connectivity index is 1.71. The summed E-state index contributed by atoms with van der Waals surface area (Å²) in [6, 6.07) is 0.807. The molecule has 16 heavy (non-hydrogen) atoms. The number of aryl methyl sites for hydroxylation is 2. The van der Waals surface area contributed by atoms with E-state index < -0.39 is 0 Å². The number of furan rings is 1. The first-order chi connectivity index (χ1) is 7.68. The van der Waals surface area contributed by atoms with Crippen LogP contribution in [-0.2, 0) is 6.54 Å². The molecule has 0 aromatic carbocycles. The SMILES string of the molecule is Cc1oc(C)c(CNCCNC2CC2)c1C. The molecule has 2 rings (SSSR count). The molecule has 0 atom stereocenters. The van der Waals surface area contributed by atoms with Gasteiger partial charge in [0, 0.05) is 31.2 Å². The maximum atomic E-state index is 5.59. The lowest BCUT2D eigenvalue weighted by Gasteiger charge is -2.05. The van der Waals surface area contributed by atoms with Gasteiger partial charge in [-0.25, -0.2) is 0 Å². The second-order valence-electron chi connectivity index (χ2n) is 4.72. The molecule has 1 aromatic rings. The van der Waals surface area contributed by atoms with Gasteiger partial charge in [-0.15, -0.1) is 0 Å². The summed E-state index contributed by atoms with van der Waals surface area (Å²) in [5.41, 5.74) is 2.61. The van der Waals surface area contributed by atoms with Gasteiger partial charge in [-0.3, -0.25) is 0 Å². The van der Waals surface area contributed by atoms with Gasteiger partial charge in [0.25, 0.3) is 0 Å². The van der Waals surface area contributed by atoms with Crippen molar-refractivity contribution in [1.82, 2.24) is 10.6 Å². The first-order valence-electron chi connectivity index (χ1n) is 6.18. The van der Waals surface area contributed by atoms with Crippen LogP contribution in [0.25, 0.3) is 0 Å². The normalized spacial score (nSPS) is 15.7. The van der Waals surface area contributed by atoms with Crippen LogP contribution in [0, 0.1) is 20.8 Å². The molecule has 1 saturated carbocycles. The molecule has 0 aliphatic heterocycles. The molecule has 1 aliphatic rings. The van der Waals surface area contributed by atoms with E-state index in [4.69, 9.17) is 4.42 Å². The fourth-order valence-electron chi connectivity index (χ4n) is 1.97. The van der Waals surface area contributed by atoms with Crippen molar-refractivity contribution in [2.24, 2.45) is 0 Å². The van der Waals surface area contributed by atoms with Crippen LogP contribution < -0.4 is 10.6 Å². The molecule has 1 heterocycles. The number of hydrogen-bond acceptors (Lipinski definition) is 3. The summed E-state index contributed by atoms with van der Waals surface area (Å²) in [6.07, 6.45) is 2.72.